The normalized spacial score (nSPS) is 12.8. The molecule has 0 aliphatic rings. The molecule has 0 atom stereocenters. The summed E-state index contributed by atoms with van der Waals surface area (Å²) in [6.45, 7) is 1.68. The summed E-state index contributed by atoms with van der Waals surface area (Å²) in [5.41, 5.74) is -1.88. The van der Waals surface area contributed by atoms with Gasteiger partial charge in [-0.15, -0.1) is 0 Å². The minimum Gasteiger partial charge on any atom is -0.361 e. The number of nitrogens with one attached hydrogen (secondary N) is 1. The molecular formula is C13H9F6N. The summed E-state index contributed by atoms with van der Waals surface area (Å²) in [7, 11) is 0. The Kier molecular flexibility index (Phi) is 3.31. The van der Waals surface area contributed by atoms with Gasteiger partial charge in [0.25, 0.3) is 0 Å². The first-order valence-electron chi connectivity index (χ1n) is 5.52. The molecule has 0 saturated heterocycles. The zero-order valence-corrected chi connectivity index (χ0v) is 10.2. The van der Waals surface area contributed by atoms with E-state index in [1.807, 2.05) is 0 Å². The van der Waals surface area contributed by atoms with Crippen LogP contribution < -0.4 is 0 Å². The minimum atomic E-state index is -4.84. The third kappa shape index (κ3) is 2.97. The first-order chi connectivity index (χ1) is 9.07. The second kappa shape index (κ2) is 4.57. The van der Waals surface area contributed by atoms with Gasteiger partial charge in [-0.05, 0) is 42.3 Å². The standard InChI is InChI=1S/C13H9F6N/c1-7-2-11(20-6-7)8-3-9(12(14,15)16)5-10(4-8)13(17,18)19/h2-6,20H,1H3. The van der Waals surface area contributed by atoms with Gasteiger partial charge in [0.15, 0.2) is 0 Å². The molecule has 0 saturated carbocycles. The molecule has 1 N–H and O–H groups in total. The van der Waals surface area contributed by atoms with Gasteiger partial charge in [0.2, 0.25) is 0 Å². The molecular weight excluding hydrogens is 284 g/mol. The zero-order chi connectivity index (χ0) is 15.1. The van der Waals surface area contributed by atoms with Crippen LogP contribution in [0.1, 0.15) is 16.7 Å². The number of aromatic amines is 1. The average molecular weight is 293 g/mol. The molecule has 2 aromatic rings. The van der Waals surface area contributed by atoms with Gasteiger partial charge in [-0.2, -0.15) is 26.3 Å². The first kappa shape index (κ1) is 14.5. The van der Waals surface area contributed by atoms with E-state index in [9.17, 15) is 26.3 Å². The predicted octanol–water partition coefficient (Wildman–Crippen LogP) is 5.03. The molecule has 1 aromatic heterocycles. The van der Waals surface area contributed by atoms with Crippen molar-refractivity contribution in [2.24, 2.45) is 0 Å². The van der Waals surface area contributed by atoms with Gasteiger partial charge < -0.3 is 4.98 Å². The molecule has 0 radical (unpaired) electrons. The second-order valence-corrected chi connectivity index (χ2v) is 4.39. The van der Waals surface area contributed by atoms with Crippen molar-refractivity contribution in [3.05, 3.63) is 47.2 Å². The molecule has 0 aliphatic carbocycles. The molecule has 1 aromatic carbocycles. The molecule has 0 spiro atoms. The SMILES string of the molecule is Cc1c[nH]c(-c2cc(C(F)(F)F)cc(C(F)(F)F)c2)c1. The van der Waals surface area contributed by atoms with Crippen LogP contribution in [0.5, 0.6) is 0 Å². The largest absolute Gasteiger partial charge is 0.416 e. The second-order valence-electron chi connectivity index (χ2n) is 4.39. The fourth-order valence-electron chi connectivity index (χ4n) is 1.78. The van der Waals surface area contributed by atoms with Crippen LogP contribution in [0.2, 0.25) is 0 Å². The van der Waals surface area contributed by atoms with Crippen molar-refractivity contribution in [3.8, 4) is 11.3 Å². The molecule has 0 amide bonds. The number of H-pyrrole nitrogens is 1. The molecule has 1 heterocycles. The number of hydrogen-bond acceptors (Lipinski definition) is 0. The van der Waals surface area contributed by atoms with Crippen LogP contribution in [0.4, 0.5) is 26.3 Å². The summed E-state index contributed by atoms with van der Waals surface area (Å²) in [4.78, 5) is 2.64. The highest BCUT2D eigenvalue weighted by atomic mass is 19.4. The lowest BCUT2D eigenvalue weighted by molar-refractivity contribution is -0.143. The van der Waals surface area contributed by atoms with Crippen LogP contribution in [0.25, 0.3) is 11.3 Å². The Morgan fingerprint density at radius 3 is 1.65 bits per heavy atom. The number of alkyl halides is 6. The highest BCUT2D eigenvalue weighted by Gasteiger charge is 2.37. The summed E-state index contributed by atoms with van der Waals surface area (Å²) in [6, 6.07) is 2.98. The van der Waals surface area contributed by atoms with E-state index in [1.54, 1.807) is 6.92 Å². The average Bonchev–Trinajstić information content (AvgIpc) is 2.73. The van der Waals surface area contributed by atoms with Gasteiger partial charge in [-0.3, -0.25) is 0 Å². The van der Waals surface area contributed by atoms with Crippen molar-refractivity contribution in [2.75, 3.05) is 0 Å². The Morgan fingerprint density at radius 2 is 1.30 bits per heavy atom. The van der Waals surface area contributed by atoms with Crippen molar-refractivity contribution in [3.63, 3.8) is 0 Å². The number of benzene rings is 1. The van der Waals surface area contributed by atoms with Crippen molar-refractivity contribution >= 4 is 0 Å². The van der Waals surface area contributed by atoms with E-state index >= 15 is 0 Å². The van der Waals surface area contributed by atoms with Crippen molar-refractivity contribution in [2.45, 2.75) is 19.3 Å². The summed E-state index contributed by atoms with van der Waals surface area (Å²) in [5, 5.41) is 0. The van der Waals surface area contributed by atoms with Crippen molar-refractivity contribution in [1.29, 1.82) is 0 Å². The minimum absolute atomic E-state index is 0.110. The van der Waals surface area contributed by atoms with E-state index in [1.165, 1.54) is 12.3 Å². The van der Waals surface area contributed by atoms with E-state index in [0.29, 0.717) is 17.7 Å². The number of halogens is 6. The molecule has 0 fully saturated rings. The summed E-state index contributed by atoms with van der Waals surface area (Å²) in [6.07, 6.45) is -8.17. The number of hydrogen-bond donors (Lipinski definition) is 1. The smallest absolute Gasteiger partial charge is 0.361 e. The van der Waals surface area contributed by atoms with Gasteiger partial charge in [-0.25, -0.2) is 0 Å². The lowest BCUT2D eigenvalue weighted by atomic mass is 10.0. The number of rotatable bonds is 1. The summed E-state index contributed by atoms with van der Waals surface area (Å²) in [5.74, 6) is 0. The first-order valence-corrected chi connectivity index (χ1v) is 5.52. The topological polar surface area (TPSA) is 15.8 Å². The van der Waals surface area contributed by atoms with Crippen LogP contribution in [0.15, 0.2) is 30.5 Å². The van der Waals surface area contributed by atoms with Gasteiger partial charge in [0, 0.05) is 11.9 Å². The molecule has 7 heteroatoms. The van der Waals surface area contributed by atoms with Gasteiger partial charge in [-0.1, -0.05) is 0 Å². The Labute approximate surface area is 110 Å². The Bertz CT molecular complexity index is 588. The van der Waals surface area contributed by atoms with Crippen molar-refractivity contribution in [1.82, 2.24) is 4.98 Å². The van der Waals surface area contributed by atoms with Gasteiger partial charge >= 0.3 is 12.4 Å². The quantitative estimate of drug-likeness (QED) is 0.710. The predicted molar refractivity (Wildman–Crippen MR) is 61.0 cm³/mol. The monoisotopic (exact) mass is 293 g/mol. The van der Waals surface area contributed by atoms with Crippen LogP contribution in [0, 0.1) is 6.92 Å². The Hall–Kier alpha value is -1.92. The fraction of sp³-hybridized carbons (Fsp3) is 0.231. The van der Waals surface area contributed by atoms with E-state index in [0.717, 1.165) is 0 Å². The zero-order valence-electron chi connectivity index (χ0n) is 10.2. The van der Waals surface area contributed by atoms with Crippen LogP contribution in [0.3, 0.4) is 0 Å². The third-order valence-corrected chi connectivity index (χ3v) is 2.73. The number of aryl methyl sites for hydroxylation is 1. The molecule has 0 aliphatic heterocycles. The highest BCUT2D eigenvalue weighted by molar-refractivity contribution is 5.63. The highest BCUT2D eigenvalue weighted by Crippen LogP contribution is 2.38. The fourth-order valence-corrected chi connectivity index (χ4v) is 1.78. The number of aromatic nitrogens is 1. The van der Waals surface area contributed by atoms with Crippen LogP contribution >= 0.6 is 0 Å². The molecule has 108 valence electrons. The van der Waals surface area contributed by atoms with Crippen LogP contribution in [-0.4, -0.2) is 4.98 Å². The van der Waals surface area contributed by atoms with E-state index in [2.05, 4.69) is 4.98 Å². The van der Waals surface area contributed by atoms with Gasteiger partial charge in [0.1, 0.15) is 0 Å². The maximum atomic E-state index is 12.7. The molecule has 0 unspecified atom stereocenters. The van der Waals surface area contributed by atoms with E-state index in [-0.39, 0.29) is 17.3 Å². The van der Waals surface area contributed by atoms with E-state index < -0.39 is 23.5 Å². The molecule has 20 heavy (non-hydrogen) atoms. The molecule has 0 bridgehead atoms. The summed E-state index contributed by atoms with van der Waals surface area (Å²) < 4.78 is 76.1. The summed E-state index contributed by atoms with van der Waals surface area (Å²) >= 11 is 0. The maximum absolute atomic E-state index is 12.7. The lowest BCUT2D eigenvalue weighted by Gasteiger charge is -2.13. The van der Waals surface area contributed by atoms with E-state index in [4.69, 9.17) is 0 Å². The van der Waals surface area contributed by atoms with Gasteiger partial charge in [0.05, 0.1) is 11.1 Å². The Morgan fingerprint density at radius 1 is 0.800 bits per heavy atom. The Balaban J connectivity index is 2.63. The lowest BCUT2D eigenvalue weighted by Crippen LogP contribution is -2.11. The third-order valence-electron chi connectivity index (χ3n) is 2.73. The van der Waals surface area contributed by atoms with Crippen molar-refractivity contribution < 1.29 is 26.3 Å². The van der Waals surface area contributed by atoms with Crippen LogP contribution in [-0.2, 0) is 12.4 Å². The molecule has 2 rings (SSSR count). The maximum Gasteiger partial charge on any atom is 0.416 e. The molecule has 1 nitrogen and oxygen atoms in total.